The van der Waals surface area contributed by atoms with Gasteiger partial charge in [-0.1, -0.05) is 30.3 Å². The number of para-hydroxylation sites is 1. The van der Waals surface area contributed by atoms with Crippen LogP contribution in [0.15, 0.2) is 54.6 Å². The Labute approximate surface area is 123 Å². The molecule has 106 valence electrons. The van der Waals surface area contributed by atoms with Gasteiger partial charge in [0.15, 0.2) is 0 Å². The van der Waals surface area contributed by atoms with Crippen LogP contribution in [0.1, 0.15) is 17.9 Å². The predicted octanol–water partition coefficient (Wildman–Crippen LogP) is 2.78. The average Bonchev–Trinajstić information content (AvgIpc) is 2.83. The maximum atomic E-state index is 12.6. The Morgan fingerprint density at radius 2 is 1.67 bits per heavy atom. The molecule has 1 aliphatic rings. The molecule has 1 saturated heterocycles. The fourth-order valence-corrected chi connectivity index (χ4v) is 2.62. The summed E-state index contributed by atoms with van der Waals surface area (Å²) in [6.45, 7) is 0. The highest BCUT2D eigenvalue weighted by Crippen LogP contribution is 2.33. The third kappa shape index (κ3) is 2.40. The minimum absolute atomic E-state index is 0.145. The lowest BCUT2D eigenvalue weighted by Gasteiger charge is -2.15. The Bertz CT molecular complexity index is 665. The molecule has 0 aromatic heterocycles. The van der Waals surface area contributed by atoms with Gasteiger partial charge in [-0.3, -0.25) is 14.5 Å². The number of nitrogens with zero attached hydrogens (tertiary/aromatic N) is 1. The van der Waals surface area contributed by atoms with Gasteiger partial charge in [-0.25, -0.2) is 0 Å². The summed E-state index contributed by atoms with van der Waals surface area (Å²) < 4.78 is 0. The van der Waals surface area contributed by atoms with Crippen LogP contribution in [0.5, 0.6) is 0 Å². The molecule has 1 aliphatic heterocycles. The van der Waals surface area contributed by atoms with Crippen molar-refractivity contribution in [1.29, 1.82) is 0 Å². The van der Waals surface area contributed by atoms with Crippen molar-refractivity contribution in [3.05, 3.63) is 60.2 Å². The molecule has 4 nitrogen and oxygen atoms in total. The minimum Gasteiger partial charge on any atom is -0.388 e. The van der Waals surface area contributed by atoms with Crippen molar-refractivity contribution in [3.63, 3.8) is 0 Å². The zero-order valence-electron chi connectivity index (χ0n) is 11.7. The fraction of sp³-hybridized carbons (Fsp3) is 0.176. The van der Waals surface area contributed by atoms with E-state index >= 15 is 0 Å². The van der Waals surface area contributed by atoms with Crippen molar-refractivity contribution in [2.24, 2.45) is 0 Å². The lowest BCUT2D eigenvalue weighted by Crippen LogP contribution is -2.29. The van der Waals surface area contributed by atoms with E-state index in [1.807, 2.05) is 49.5 Å². The summed E-state index contributed by atoms with van der Waals surface area (Å²) >= 11 is 0. The molecule has 0 bridgehead atoms. The van der Waals surface area contributed by atoms with Gasteiger partial charge in [0.25, 0.3) is 0 Å². The number of carbonyl (C=O) groups is 2. The van der Waals surface area contributed by atoms with Gasteiger partial charge in [0.2, 0.25) is 11.8 Å². The van der Waals surface area contributed by atoms with Crippen LogP contribution in [0.3, 0.4) is 0 Å². The zero-order chi connectivity index (χ0) is 14.8. The zero-order valence-corrected chi connectivity index (χ0v) is 11.7. The highest BCUT2D eigenvalue weighted by atomic mass is 16.2. The van der Waals surface area contributed by atoms with E-state index in [-0.39, 0.29) is 24.2 Å². The van der Waals surface area contributed by atoms with Gasteiger partial charge in [-0.05, 0) is 29.8 Å². The van der Waals surface area contributed by atoms with Crippen LogP contribution in [-0.2, 0) is 9.59 Å². The standard InChI is InChI=1S/C17H16N2O2/c1-18-13-9-7-12(8-10-13)15-11-16(20)19(17(15)21)14-5-3-2-4-6-14/h2-10,15,18H,11H2,1H3. The Morgan fingerprint density at radius 3 is 2.29 bits per heavy atom. The second kappa shape index (κ2) is 5.40. The highest BCUT2D eigenvalue weighted by Gasteiger charge is 2.40. The molecule has 0 spiro atoms. The van der Waals surface area contributed by atoms with Crippen LogP contribution in [0.2, 0.25) is 0 Å². The molecule has 1 atom stereocenters. The predicted molar refractivity (Wildman–Crippen MR) is 82.3 cm³/mol. The van der Waals surface area contributed by atoms with Crippen molar-refractivity contribution < 1.29 is 9.59 Å². The number of amides is 2. The van der Waals surface area contributed by atoms with E-state index in [4.69, 9.17) is 0 Å². The summed E-state index contributed by atoms with van der Waals surface area (Å²) in [5, 5.41) is 3.04. The molecule has 2 aromatic rings. The third-order valence-electron chi connectivity index (χ3n) is 3.76. The van der Waals surface area contributed by atoms with E-state index in [2.05, 4.69) is 5.32 Å². The van der Waals surface area contributed by atoms with Crippen molar-refractivity contribution in [3.8, 4) is 0 Å². The summed E-state index contributed by atoms with van der Waals surface area (Å²) in [4.78, 5) is 26.0. The Balaban J connectivity index is 1.89. The topological polar surface area (TPSA) is 49.4 Å². The number of imide groups is 1. The molecule has 3 rings (SSSR count). The second-order valence-corrected chi connectivity index (χ2v) is 5.03. The van der Waals surface area contributed by atoms with E-state index < -0.39 is 0 Å². The first-order chi connectivity index (χ1) is 10.2. The van der Waals surface area contributed by atoms with Gasteiger partial charge in [0, 0.05) is 19.2 Å². The Kier molecular flexibility index (Phi) is 3.44. The number of hydrogen-bond acceptors (Lipinski definition) is 3. The number of benzene rings is 2. The molecule has 21 heavy (non-hydrogen) atoms. The number of nitrogens with one attached hydrogen (secondary N) is 1. The Hall–Kier alpha value is -2.62. The summed E-state index contributed by atoms with van der Waals surface area (Å²) in [6, 6.07) is 16.7. The fourth-order valence-electron chi connectivity index (χ4n) is 2.62. The van der Waals surface area contributed by atoms with E-state index in [9.17, 15) is 9.59 Å². The molecule has 0 saturated carbocycles. The summed E-state index contributed by atoms with van der Waals surface area (Å²) in [5.41, 5.74) is 2.50. The van der Waals surface area contributed by atoms with E-state index in [1.165, 1.54) is 4.90 Å². The lowest BCUT2D eigenvalue weighted by atomic mass is 9.97. The van der Waals surface area contributed by atoms with Crippen LogP contribution in [0.25, 0.3) is 0 Å². The van der Waals surface area contributed by atoms with E-state index in [1.54, 1.807) is 12.1 Å². The number of rotatable bonds is 3. The molecule has 0 radical (unpaired) electrons. The van der Waals surface area contributed by atoms with Crippen molar-refractivity contribution in [2.75, 3.05) is 17.3 Å². The van der Waals surface area contributed by atoms with E-state index in [0.717, 1.165) is 11.3 Å². The number of anilines is 2. The van der Waals surface area contributed by atoms with Gasteiger partial charge in [0.1, 0.15) is 0 Å². The first-order valence-corrected chi connectivity index (χ1v) is 6.90. The van der Waals surface area contributed by atoms with Gasteiger partial charge in [-0.2, -0.15) is 0 Å². The van der Waals surface area contributed by atoms with Crippen molar-refractivity contribution >= 4 is 23.2 Å². The monoisotopic (exact) mass is 280 g/mol. The average molecular weight is 280 g/mol. The minimum atomic E-state index is -0.386. The molecule has 1 unspecified atom stereocenters. The maximum Gasteiger partial charge on any atom is 0.241 e. The summed E-state index contributed by atoms with van der Waals surface area (Å²) in [6.07, 6.45) is 0.229. The number of carbonyl (C=O) groups excluding carboxylic acids is 2. The summed E-state index contributed by atoms with van der Waals surface area (Å²) in [7, 11) is 1.84. The molecule has 2 aromatic carbocycles. The van der Waals surface area contributed by atoms with Gasteiger partial charge in [0.05, 0.1) is 11.6 Å². The highest BCUT2D eigenvalue weighted by molar-refractivity contribution is 6.22. The molecule has 1 heterocycles. The van der Waals surface area contributed by atoms with Gasteiger partial charge in [-0.15, -0.1) is 0 Å². The third-order valence-corrected chi connectivity index (χ3v) is 3.76. The van der Waals surface area contributed by atoms with Crippen LogP contribution in [0.4, 0.5) is 11.4 Å². The SMILES string of the molecule is CNc1ccc(C2CC(=O)N(c3ccccc3)C2=O)cc1. The van der Waals surface area contributed by atoms with Crippen LogP contribution < -0.4 is 10.2 Å². The van der Waals surface area contributed by atoms with Crippen LogP contribution in [-0.4, -0.2) is 18.9 Å². The molecule has 0 aliphatic carbocycles. The van der Waals surface area contributed by atoms with Crippen molar-refractivity contribution in [1.82, 2.24) is 0 Å². The summed E-state index contributed by atoms with van der Waals surface area (Å²) in [5.74, 6) is -0.680. The molecular weight excluding hydrogens is 264 g/mol. The molecule has 1 N–H and O–H groups in total. The number of hydrogen-bond donors (Lipinski definition) is 1. The van der Waals surface area contributed by atoms with Crippen LogP contribution >= 0.6 is 0 Å². The molecule has 2 amide bonds. The van der Waals surface area contributed by atoms with E-state index in [0.29, 0.717) is 5.69 Å². The normalized spacial score (nSPS) is 18.1. The first-order valence-electron chi connectivity index (χ1n) is 6.90. The largest absolute Gasteiger partial charge is 0.388 e. The maximum absolute atomic E-state index is 12.6. The van der Waals surface area contributed by atoms with Gasteiger partial charge < -0.3 is 5.32 Å². The smallest absolute Gasteiger partial charge is 0.241 e. The Morgan fingerprint density at radius 1 is 1.00 bits per heavy atom. The van der Waals surface area contributed by atoms with Gasteiger partial charge >= 0.3 is 0 Å². The molecular formula is C17H16N2O2. The molecule has 1 fully saturated rings. The first kappa shape index (κ1) is 13.4. The van der Waals surface area contributed by atoms with Crippen molar-refractivity contribution in [2.45, 2.75) is 12.3 Å². The lowest BCUT2D eigenvalue weighted by molar-refractivity contribution is -0.121. The second-order valence-electron chi connectivity index (χ2n) is 5.03. The quantitative estimate of drug-likeness (QED) is 0.880. The molecule has 4 heteroatoms. The van der Waals surface area contributed by atoms with Crippen LogP contribution in [0, 0.1) is 0 Å².